The van der Waals surface area contributed by atoms with E-state index in [2.05, 4.69) is 10.3 Å². The van der Waals surface area contributed by atoms with Crippen molar-refractivity contribution >= 4 is 5.91 Å². The van der Waals surface area contributed by atoms with E-state index < -0.39 is 23.9 Å². The first-order valence-electron chi connectivity index (χ1n) is 6.40. The van der Waals surface area contributed by atoms with E-state index in [1.807, 2.05) is 0 Å². The Kier molecular flexibility index (Phi) is 4.27. The highest BCUT2D eigenvalue weighted by molar-refractivity contribution is 5.94. The van der Waals surface area contributed by atoms with Crippen molar-refractivity contribution in [1.29, 1.82) is 0 Å². The summed E-state index contributed by atoms with van der Waals surface area (Å²) in [5.74, 6) is -0.517. The summed E-state index contributed by atoms with van der Waals surface area (Å²) >= 11 is 0. The predicted octanol–water partition coefficient (Wildman–Crippen LogP) is 2.13. The minimum atomic E-state index is -4.52. The smallest absolute Gasteiger partial charge is 0.391 e. The molecule has 1 aliphatic carbocycles. The third kappa shape index (κ3) is 3.47. The highest BCUT2D eigenvalue weighted by Gasteiger charge is 2.32. The van der Waals surface area contributed by atoms with Gasteiger partial charge >= 0.3 is 6.18 Å². The van der Waals surface area contributed by atoms with Crippen LogP contribution in [0.25, 0.3) is 0 Å². The number of aromatic nitrogens is 1. The average Bonchev–Trinajstić information content (AvgIpc) is 2.40. The zero-order chi connectivity index (χ0) is 14.8. The van der Waals surface area contributed by atoms with Crippen molar-refractivity contribution in [3.63, 3.8) is 0 Å². The maximum absolute atomic E-state index is 12.3. The fourth-order valence-corrected chi connectivity index (χ4v) is 2.23. The molecule has 2 atom stereocenters. The molecule has 1 heterocycles. The minimum Gasteiger partial charge on any atom is -0.391 e. The predicted molar refractivity (Wildman–Crippen MR) is 65.0 cm³/mol. The number of carbonyl (C=O) groups excluding carboxylic acids is 1. The van der Waals surface area contributed by atoms with Crippen molar-refractivity contribution < 1.29 is 23.1 Å². The van der Waals surface area contributed by atoms with Crippen molar-refractivity contribution in [2.45, 2.75) is 44.0 Å². The molecule has 2 rings (SSSR count). The molecule has 1 aromatic heterocycles. The van der Waals surface area contributed by atoms with E-state index in [-0.39, 0.29) is 11.6 Å². The first kappa shape index (κ1) is 14.8. The highest BCUT2D eigenvalue weighted by Crippen LogP contribution is 2.27. The van der Waals surface area contributed by atoms with Gasteiger partial charge in [0.2, 0.25) is 0 Å². The Labute approximate surface area is 114 Å². The standard InChI is InChI=1S/C13H15F3N2O2/c14-13(15,16)11-6-5-8(7-17-11)12(20)18-9-3-1-2-4-10(9)19/h5-7,9-10,19H,1-4H2,(H,18,20). The van der Waals surface area contributed by atoms with Crippen molar-refractivity contribution in [1.82, 2.24) is 10.3 Å². The molecule has 0 spiro atoms. The lowest BCUT2D eigenvalue weighted by atomic mass is 9.92. The Morgan fingerprint density at radius 2 is 2.00 bits per heavy atom. The van der Waals surface area contributed by atoms with E-state index in [4.69, 9.17) is 0 Å². The number of halogens is 3. The molecule has 1 fully saturated rings. The molecule has 2 unspecified atom stereocenters. The van der Waals surface area contributed by atoms with Gasteiger partial charge in [0.05, 0.1) is 17.7 Å². The number of pyridine rings is 1. The van der Waals surface area contributed by atoms with Crippen LogP contribution < -0.4 is 5.32 Å². The number of nitrogens with zero attached hydrogens (tertiary/aromatic N) is 1. The number of rotatable bonds is 2. The van der Waals surface area contributed by atoms with E-state index in [0.29, 0.717) is 12.8 Å². The van der Waals surface area contributed by atoms with Crippen LogP contribution in [0.2, 0.25) is 0 Å². The second kappa shape index (κ2) is 5.78. The molecule has 110 valence electrons. The van der Waals surface area contributed by atoms with Crippen LogP contribution in [0.4, 0.5) is 13.2 Å². The Hall–Kier alpha value is -1.63. The number of carbonyl (C=O) groups is 1. The van der Waals surface area contributed by atoms with Crippen LogP contribution in [-0.2, 0) is 6.18 Å². The average molecular weight is 288 g/mol. The molecule has 1 saturated carbocycles. The quantitative estimate of drug-likeness (QED) is 0.876. The normalized spacial score (nSPS) is 23.4. The molecule has 0 saturated heterocycles. The van der Waals surface area contributed by atoms with Gasteiger partial charge in [-0.05, 0) is 25.0 Å². The molecule has 20 heavy (non-hydrogen) atoms. The van der Waals surface area contributed by atoms with Crippen LogP contribution in [0.1, 0.15) is 41.7 Å². The summed E-state index contributed by atoms with van der Waals surface area (Å²) < 4.78 is 37.0. The maximum atomic E-state index is 12.3. The minimum absolute atomic E-state index is 0.0516. The van der Waals surface area contributed by atoms with Crippen molar-refractivity contribution in [2.75, 3.05) is 0 Å². The largest absolute Gasteiger partial charge is 0.433 e. The summed E-state index contributed by atoms with van der Waals surface area (Å²) in [6, 6.07) is 1.51. The third-order valence-electron chi connectivity index (χ3n) is 3.36. The van der Waals surface area contributed by atoms with Gasteiger partial charge in [0.1, 0.15) is 5.69 Å². The van der Waals surface area contributed by atoms with Gasteiger partial charge in [0.15, 0.2) is 0 Å². The Morgan fingerprint density at radius 3 is 2.55 bits per heavy atom. The number of amides is 1. The van der Waals surface area contributed by atoms with Crippen LogP contribution >= 0.6 is 0 Å². The van der Waals surface area contributed by atoms with Crippen LogP contribution in [0.5, 0.6) is 0 Å². The van der Waals surface area contributed by atoms with Gasteiger partial charge in [-0.15, -0.1) is 0 Å². The van der Waals surface area contributed by atoms with Crippen LogP contribution in [0, 0.1) is 0 Å². The second-order valence-electron chi connectivity index (χ2n) is 4.86. The Morgan fingerprint density at radius 1 is 1.30 bits per heavy atom. The van der Waals surface area contributed by atoms with E-state index in [1.54, 1.807) is 0 Å². The lowest BCUT2D eigenvalue weighted by molar-refractivity contribution is -0.141. The lowest BCUT2D eigenvalue weighted by Gasteiger charge is -2.28. The number of aliphatic hydroxyl groups excluding tert-OH is 1. The fraction of sp³-hybridized carbons (Fsp3) is 0.538. The first-order valence-corrected chi connectivity index (χ1v) is 6.40. The molecule has 2 N–H and O–H groups in total. The highest BCUT2D eigenvalue weighted by atomic mass is 19.4. The summed E-state index contributed by atoms with van der Waals surface area (Å²) in [7, 11) is 0. The van der Waals surface area contributed by atoms with Crippen LogP contribution in [-0.4, -0.2) is 28.1 Å². The van der Waals surface area contributed by atoms with Crippen molar-refractivity contribution in [2.24, 2.45) is 0 Å². The molecule has 0 radical (unpaired) electrons. The molecule has 4 nitrogen and oxygen atoms in total. The summed E-state index contributed by atoms with van der Waals surface area (Å²) in [6.07, 6.45) is -1.11. The molecule has 7 heteroatoms. The van der Waals surface area contributed by atoms with Gasteiger partial charge in [0.25, 0.3) is 5.91 Å². The van der Waals surface area contributed by atoms with E-state index in [9.17, 15) is 23.1 Å². The number of hydrogen-bond acceptors (Lipinski definition) is 3. The molecule has 0 aromatic carbocycles. The Bertz CT molecular complexity index is 473. The molecule has 0 bridgehead atoms. The molecular formula is C13H15F3N2O2. The summed E-state index contributed by atoms with van der Waals surface area (Å²) in [6.45, 7) is 0. The summed E-state index contributed by atoms with van der Waals surface area (Å²) in [5, 5.41) is 12.4. The lowest BCUT2D eigenvalue weighted by Crippen LogP contribution is -2.45. The number of aliphatic hydroxyl groups is 1. The van der Waals surface area contributed by atoms with Gasteiger partial charge in [-0.1, -0.05) is 12.8 Å². The van der Waals surface area contributed by atoms with Crippen molar-refractivity contribution in [3.8, 4) is 0 Å². The fourth-order valence-electron chi connectivity index (χ4n) is 2.23. The summed E-state index contributed by atoms with van der Waals surface area (Å²) in [5.41, 5.74) is -0.984. The van der Waals surface area contributed by atoms with Crippen LogP contribution in [0.3, 0.4) is 0 Å². The topological polar surface area (TPSA) is 62.2 Å². The van der Waals surface area contributed by atoms with Gasteiger partial charge in [-0.2, -0.15) is 13.2 Å². The summed E-state index contributed by atoms with van der Waals surface area (Å²) in [4.78, 5) is 15.1. The van der Waals surface area contributed by atoms with Crippen LogP contribution in [0.15, 0.2) is 18.3 Å². The van der Waals surface area contributed by atoms with E-state index in [1.165, 1.54) is 0 Å². The zero-order valence-corrected chi connectivity index (χ0v) is 10.7. The van der Waals surface area contributed by atoms with E-state index in [0.717, 1.165) is 31.2 Å². The van der Waals surface area contributed by atoms with Crippen molar-refractivity contribution in [3.05, 3.63) is 29.6 Å². The molecule has 0 aliphatic heterocycles. The number of hydrogen-bond donors (Lipinski definition) is 2. The van der Waals surface area contributed by atoms with Gasteiger partial charge < -0.3 is 10.4 Å². The maximum Gasteiger partial charge on any atom is 0.433 e. The van der Waals surface area contributed by atoms with E-state index >= 15 is 0 Å². The number of alkyl halides is 3. The Balaban J connectivity index is 2.02. The van der Waals surface area contributed by atoms with Gasteiger partial charge in [-0.25, -0.2) is 0 Å². The SMILES string of the molecule is O=C(NC1CCCCC1O)c1ccc(C(F)(F)F)nc1. The monoisotopic (exact) mass is 288 g/mol. The van der Waals surface area contributed by atoms with Gasteiger partial charge in [-0.3, -0.25) is 9.78 Å². The second-order valence-corrected chi connectivity index (χ2v) is 4.86. The molecule has 1 aromatic rings. The first-order chi connectivity index (χ1) is 9.38. The third-order valence-corrected chi connectivity index (χ3v) is 3.36. The van der Waals surface area contributed by atoms with Gasteiger partial charge in [0, 0.05) is 6.20 Å². The molecule has 1 amide bonds. The zero-order valence-electron chi connectivity index (χ0n) is 10.7. The molecular weight excluding hydrogens is 273 g/mol. The molecule has 1 aliphatic rings. The number of nitrogens with one attached hydrogen (secondary N) is 1.